The zero-order chi connectivity index (χ0) is 12.8. The Hall–Kier alpha value is -0.540. The van der Waals surface area contributed by atoms with Crippen LogP contribution in [0, 0.1) is 11.8 Å². The fourth-order valence-electron chi connectivity index (χ4n) is 2.15. The number of carbonyl (C=O) groups is 1. The Kier molecular flexibility index (Phi) is 6.00. The lowest BCUT2D eigenvalue weighted by atomic mass is 9.98. The van der Waals surface area contributed by atoms with Crippen molar-refractivity contribution in [2.45, 2.75) is 26.7 Å². The molecule has 1 amide bonds. The van der Waals surface area contributed by atoms with Gasteiger partial charge in [-0.25, -0.2) is 0 Å². The molecule has 1 aliphatic heterocycles. The van der Waals surface area contributed by atoms with Crippen molar-refractivity contribution in [1.29, 1.82) is 0 Å². The molecule has 0 aromatic heterocycles. The molecule has 1 heterocycles. The van der Waals surface area contributed by atoms with Crippen LogP contribution in [0.3, 0.4) is 0 Å². The van der Waals surface area contributed by atoms with Crippen LogP contribution in [0.15, 0.2) is 11.6 Å². The predicted molar refractivity (Wildman–Crippen MR) is 72.0 cm³/mol. The quantitative estimate of drug-likeness (QED) is 0.820. The van der Waals surface area contributed by atoms with E-state index in [1.165, 1.54) is 12.8 Å². The smallest absolute Gasteiger partial charge is 0.222 e. The van der Waals surface area contributed by atoms with Gasteiger partial charge in [-0.15, -0.1) is 0 Å². The predicted octanol–water partition coefficient (Wildman–Crippen LogP) is 2.22. The minimum Gasteiger partial charge on any atom is -0.356 e. The summed E-state index contributed by atoms with van der Waals surface area (Å²) in [5, 5.41) is 3.70. The van der Waals surface area contributed by atoms with Gasteiger partial charge in [0.2, 0.25) is 5.91 Å². The van der Waals surface area contributed by atoms with E-state index in [1.807, 2.05) is 13.8 Å². The number of nitrogens with zero attached hydrogens (tertiary/aromatic N) is 1. The highest BCUT2D eigenvalue weighted by atomic mass is 35.5. The molecule has 1 fully saturated rings. The zero-order valence-electron chi connectivity index (χ0n) is 10.8. The van der Waals surface area contributed by atoms with Crippen molar-refractivity contribution in [3.63, 3.8) is 0 Å². The van der Waals surface area contributed by atoms with E-state index in [0.29, 0.717) is 11.0 Å². The molecule has 98 valence electrons. The van der Waals surface area contributed by atoms with Crippen molar-refractivity contribution < 1.29 is 4.79 Å². The summed E-state index contributed by atoms with van der Waals surface area (Å²) in [4.78, 5) is 13.8. The molecule has 3 nitrogen and oxygen atoms in total. The first-order valence-electron chi connectivity index (χ1n) is 6.32. The van der Waals surface area contributed by atoms with Crippen LogP contribution < -0.4 is 5.32 Å². The highest BCUT2D eigenvalue weighted by molar-refractivity contribution is 6.29. The van der Waals surface area contributed by atoms with Crippen molar-refractivity contribution in [1.82, 2.24) is 10.2 Å². The summed E-state index contributed by atoms with van der Waals surface area (Å²) in [6.07, 6.45) is 2.36. The Balaban J connectivity index is 2.29. The van der Waals surface area contributed by atoms with Crippen LogP contribution in [0.25, 0.3) is 0 Å². The topological polar surface area (TPSA) is 32.3 Å². The van der Waals surface area contributed by atoms with Gasteiger partial charge in [-0.2, -0.15) is 0 Å². The van der Waals surface area contributed by atoms with E-state index in [2.05, 4.69) is 16.8 Å². The van der Waals surface area contributed by atoms with Crippen LogP contribution in [0.5, 0.6) is 0 Å². The molecular weight excluding hydrogens is 236 g/mol. The molecule has 1 aliphatic rings. The summed E-state index contributed by atoms with van der Waals surface area (Å²) in [5.41, 5.74) is 0. The van der Waals surface area contributed by atoms with Gasteiger partial charge in [-0.05, 0) is 25.3 Å². The number of carbonyl (C=O) groups excluding carboxylic acids is 1. The average Bonchev–Trinajstić information content (AvgIpc) is 2.25. The Morgan fingerprint density at radius 2 is 2.29 bits per heavy atom. The van der Waals surface area contributed by atoms with Crippen LogP contribution in [-0.4, -0.2) is 37.0 Å². The summed E-state index contributed by atoms with van der Waals surface area (Å²) in [5.74, 6) is 0.753. The van der Waals surface area contributed by atoms with E-state index in [1.54, 1.807) is 0 Å². The van der Waals surface area contributed by atoms with Crippen molar-refractivity contribution in [3.8, 4) is 0 Å². The normalized spacial score (nSPS) is 21.5. The number of nitrogens with one attached hydrogen (secondary N) is 1. The third kappa shape index (κ3) is 5.55. The maximum atomic E-state index is 11.5. The minimum absolute atomic E-state index is 0.0670. The van der Waals surface area contributed by atoms with E-state index in [-0.39, 0.29) is 11.8 Å². The molecule has 0 bridgehead atoms. The largest absolute Gasteiger partial charge is 0.356 e. The van der Waals surface area contributed by atoms with Gasteiger partial charge in [-0.1, -0.05) is 32.0 Å². The molecule has 17 heavy (non-hydrogen) atoms. The fourth-order valence-corrected chi connectivity index (χ4v) is 2.32. The number of amides is 1. The molecule has 1 saturated heterocycles. The molecule has 0 aromatic rings. The average molecular weight is 259 g/mol. The number of halogens is 1. The number of hydrogen-bond donors (Lipinski definition) is 1. The molecule has 4 heteroatoms. The van der Waals surface area contributed by atoms with E-state index in [9.17, 15) is 4.79 Å². The maximum Gasteiger partial charge on any atom is 0.222 e. The van der Waals surface area contributed by atoms with Gasteiger partial charge in [0.25, 0.3) is 0 Å². The first-order chi connectivity index (χ1) is 7.99. The molecule has 0 aromatic carbocycles. The Morgan fingerprint density at radius 3 is 2.88 bits per heavy atom. The SMILES string of the molecule is C=C(Cl)CN1CCC[C@@H](CNC(=O)C(C)C)C1. The maximum absolute atomic E-state index is 11.5. The summed E-state index contributed by atoms with van der Waals surface area (Å²) in [6, 6.07) is 0. The number of piperidine rings is 1. The van der Waals surface area contributed by atoms with Crippen LogP contribution >= 0.6 is 11.6 Å². The van der Waals surface area contributed by atoms with E-state index in [4.69, 9.17) is 11.6 Å². The van der Waals surface area contributed by atoms with Gasteiger partial charge in [-0.3, -0.25) is 9.69 Å². The molecule has 1 N–H and O–H groups in total. The standard InChI is InChI=1S/C13H23ClN2O/c1-10(2)13(17)15-7-12-5-4-6-16(9-12)8-11(3)14/h10,12H,3-9H2,1-2H3,(H,15,17)/t12-/m0/s1. The Morgan fingerprint density at radius 1 is 1.59 bits per heavy atom. The van der Waals surface area contributed by atoms with E-state index in [0.717, 1.165) is 26.2 Å². The molecule has 0 aliphatic carbocycles. The Bertz CT molecular complexity index is 279. The second-order valence-electron chi connectivity index (χ2n) is 5.16. The highest BCUT2D eigenvalue weighted by Crippen LogP contribution is 2.17. The highest BCUT2D eigenvalue weighted by Gasteiger charge is 2.20. The van der Waals surface area contributed by atoms with Gasteiger partial charge < -0.3 is 5.32 Å². The molecule has 0 radical (unpaired) electrons. The number of likely N-dealkylation sites (tertiary alicyclic amines) is 1. The number of hydrogen-bond acceptors (Lipinski definition) is 2. The van der Waals surface area contributed by atoms with Gasteiger partial charge in [0.1, 0.15) is 0 Å². The van der Waals surface area contributed by atoms with Gasteiger partial charge in [0, 0.05) is 30.6 Å². The summed E-state index contributed by atoms with van der Waals surface area (Å²) >= 11 is 5.82. The van der Waals surface area contributed by atoms with Crippen LogP contribution in [-0.2, 0) is 4.79 Å². The molecule has 0 saturated carbocycles. The molecule has 1 atom stereocenters. The lowest BCUT2D eigenvalue weighted by molar-refractivity contribution is -0.124. The first kappa shape index (κ1) is 14.5. The third-order valence-electron chi connectivity index (χ3n) is 3.09. The van der Waals surface area contributed by atoms with Gasteiger partial charge in [0.15, 0.2) is 0 Å². The van der Waals surface area contributed by atoms with Crippen molar-refractivity contribution in [3.05, 3.63) is 11.6 Å². The zero-order valence-corrected chi connectivity index (χ0v) is 11.6. The second-order valence-corrected chi connectivity index (χ2v) is 5.70. The van der Waals surface area contributed by atoms with Gasteiger partial charge >= 0.3 is 0 Å². The summed E-state index contributed by atoms with van der Waals surface area (Å²) in [7, 11) is 0. The monoisotopic (exact) mass is 258 g/mol. The molecule has 1 rings (SSSR count). The van der Waals surface area contributed by atoms with Crippen molar-refractivity contribution >= 4 is 17.5 Å². The molecule has 0 spiro atoms. The van der Waals surface area contributed by atoms with E-state index >= 15 is 0 Å². The van der Waals surface area contributed by atoms with Gasteiger partial charge in [0.05, 0.1) is 0 Å². The Labute approximate surface area is 109 Å². The van der Waals surface area contributed by atoms with Crippen LogP contribution in [0.4, 0.5) is 0 Å². The van der Waals surface area contributed by atoms with Crippen molar-refractivity contribution in [2.75, 3.05) is 26.2 Å². The number of rotatable bonds is 5. The lowest BCUT2D eigenvalue weighted by Gasteiger charge is -2.32. The lowest BCUT2D eigenvalue weighted by Crippen LogP contribution is -2.42. The summed E-state index contributed by atoms with van der Waals surface area (Å²) < 4.78 is 0. The first-order valence-corrected chi connectivity index (χ1v) is 6.70. The van der Waals surface area contributed by atoms with Crippen molar-refractivity contribution in [2.24, 2.45) is 11.8 Å². The molecular formula is C13H23ClN2O. The second kappa shape index (κ2) is 7.02. The minimum atomic E-state index is 0.0670. The van der Waals surface area contributed by atoms with Crippen LogP contribution in [0.2, 0.25) is 0 Å². The van der Waals surface area contributed by atoms with Crippen LogP contribution in [0.1, 0.15) is 26.7 Å². The summed E-state index contributed by atoms with van der Waals surface area (Å²) in [6.45, 7) is 11.2. The third-order valence-corrected chi connectivity index (χ3v) is 3.21. The fraction of sp³-hybridized carbons (Fsp3) is 0.769. The van der Waals surface area contributed by atoms with E-state index < -0.39 is 0 Å². The molecule has 0 unspecified atom stereocenters.